The number of halogens is 1. The van der Waals surface area contributed by atoms with Crippen molar-refractivity contribution < 1.29 is 28.2 Å². The van der Waals surface area contributed by atoms with Crippen LogP contribution in [0.2, 0.25) is 0 Å². The quantitative estimate of drug-likeness (QED) is 0.394. The molecule has 0 radical (unpaired) electrons. The second-order valence-corrected chi connectivity index (χ2v) is 10.5. The van der Waals surface area contributed by atoms with E-state index < -0.39 is 0 Å². The van der Waals surface area contributed by atoms with Crippen molar-refractivity contribution in [3.05, 3.63) is 81.8 Å². The van der Waals surface area contributed by atoms with Crippen molar-refractivity contribution in [2.45, 2.75) is 31.4 Å². The van der Waals surface area contributed by atoms with Crippen molar-refractivity contribution in [1.29, 1.82) is 0 Å². The molecule has 0 N–H and O–H groups in total. The molecule has 5 rings (SSSR count). The summed E-state index contributed by atoms with van der Waals surface area (Å²) in [5.41, 5.74) is 1.52. The maximum absolute atomic E-state index is 13.8. The first-order valence-corrected chi connectivity index (χ1v) is 13.7. The number of hydrogen-bond acceptors (Lipinski definition) is 6. The number of methoxy groups -OCH3 is 1. The van der Waals surface area contributed by atoms with Gasteiger partial charge in [0.25, 0.3) is 5.91 Å². The number of ether oxygens (including phenoxy) is 3. The minimum atomic E-state index is -0.334. The van der Waals surface area contributed by atoms with E-state index in [1.807, 2.05) is 11.4 Å². The molecule has 0 bridgehead atoms. The smallest absolute Gasteiger partial charge is 0.254 e. The van der Waals surface area contributed by atoms with E-state index in [0.717, 1.165) is 24.8 Å². The van der Waals surface area contributed by atoms with E-state index in [2.05, 4.69) is 0 Å². The second-order valence-electron chi connectivity index (χ2n) is 9.47. The predicted octanol–water partition coefficient (Wildman–Crippen LogP) is 4.72. The Balaban J connectivity index is 1.35. The third-order valence-electron chi connectivity index (χ3n) is 7.01. The average molecular weight is 539 g/mol. The molecule has 2 aromatic carbocycles. The van der Waals surface area contributed by atoms with E-state index in [-0.39, 0.29) is 42.9 Å². The van der Waals surface area contributed by atoms with Crippen LogP contribution >= 0.6 is 11.3 Å². The number of carbonyl (C=O) groups excluding carboxylic acids is 2. The summed E-state index contributed by atoms with van der Waals surface area (Å²) < 4.78 is 30.4. The number of fused-ring (bicyclic) bond motifs is 1. The van der Waals surface area contributed by atoms with Crippen molar-refractivity contribution in [3.8, 4) is 11.5 Å². The molecule has 3 aromatic rings. The molecule has 3 heterocycles. The Hall–Kier alpha value is -3.43. The SMILES string of the molecule is COc1cccc(C(=O)N(CC(=O)N2CCc3sccc3[C@H]2COc2ccc(F)cc2)C[C@H]2CCCO2)c1. The summed E-state index contributed by atoms with van der Waals surface area (Å²) in [6.45, 7) is 1.70. The van der Waals surface area contributed by atoms with Gasteiger partial charge in [-0.2, -0.15) is 0 Å². The minimum Gasteiger partial charge on any atom is -0.497 e. The molecular formula is C29H31FN2O5S. The molecule has 0 saturated carbocycles. The Bertz CT molecular complexity index is 1260. The van der Waals surface area contributed by atoms with Crippen LogP contribution in [0.1, 0.15) is 39.7 Å². The molecule has 9 heteroatoms. The second kappa shape index (κ2) is 12.0. The third kappa shape index (κ3) is 6.00. The van der Waals surface area contributed by atoms with Crippen LogP contribution in [-0.4, -0.2) is 67.7 Å². The molecule has 38 heavy (non-hydrogen) atoms. The zero-order chi connectivity index (χ0) is 26.5. The fourth-order valence-corrected chi connectivity index (χ4v) is 5.95. The lowest BCUT2D eigenvalue weighted by Crippen LogP contribution is -2.49. The van der Waals surface area contributed by atoms with Gasteiger partial charge in [-0.05, 0) is 78.7 Å². The van der Waals surface area contributed by atoms with E-state index in [9.17, 15) is 14.0 Å². The largest absolute Gasteiger partial charge is 0.497 e. The van der Waals surface area contributed by atoms with Crippen LogP contribution in [0.4, 0.5) is 4.39 Å². The molecule has 1 saturated heterocycles. The van der Waals surface area contributed by atoms with Gasteiger partial charge in [-0.3, -0.25) is 9.59 Å². The van der Waals surface area contributed by atoms with Gasteiger partial charge in [-0.15, -0.1) is 11.3 Å². The van der Waals surface area contributed by atoms with Crippen molar-refractivity contribution in [1.82, 2.24) is 9.80 Å². The van der Waals surface area contributed by atoms with E-state index in [1.165, 1.54) is 17.0 Å². The van der Waals surface area contributed by atoms with Crippen LogP contribution in [0.5, 0.6) is 11.5 Å². The van der Waals surface area contributed by atoms with Gasteiger partial charge in [-0.25, -0.2) is 4.39 Å². The highest BCUT2D eigenvalue weighted by molar-refractivity contribution is 7.10. The average Bonchev–Trinajstić information content (AvgIpc) is 3.64. The maximum atomic E-state index is 13.8. The molecule has 2 aliphatic rings. The number of amides is 2. The van der Waals surface area contributed by atoms with E-state index in [4.69, 9.17) is 14.2 Å². The normalized spacial score (nSPS) is 18.6. The molecule has 2 amide bonds. The summed E-state index contributed by atoms with van der Waals surface area (Å²) in [4.78, 5) is 32.0. The molecular weight excluding hydrogens is 507 g/mol. The summed E-state index contributed by atoms with van der Waals surface area (Å²) >= 11 is 1.67. The van der Waals surface area contributed by atoms with Gasteiger partial charge in [0.15, 0.2) is 0 Å². The van der Waals surface area contributed by atoms with Crippen molar-refractivity contribution in [2.24, 2.45) is 0 Å². The number of carbonyl (C=O) groups is 2. The number of rotatable bonds is 9. The summed E-state index contributed by atoms with van der Waals surface area (Å²) in [7, 11) is 1.56. The highest BCUT2D eigenvalue weighted by Crippen LogP contribution is 2.34. The number of hydrogen-bond donors (Lipinski definition) is 0. The maximum Gasteiger partial charge on any atom is 0.254 e. The molecule has 7 nitrogen and oxygen atoms in total. The van der Waals surface area contributed by atoms with Crippen molar-refractivity contribution >= 4 is 23.2 Å². The first-order valence-electron chi connectivity index (χ1n) is 12.8. The lowest BCUT2D eigenvalue weighted by Gasteiger charge is -2.37. The van der Waals surface area contributed by atoms with Crippen LogP contribution in [0.15, 0.2) is 60.0 Å². The zero-order valence-corrected chi connectivity index (χ0v) is 22.1. The fraction of sp³-hybridized carbons (Fsp3) is 0.379. The molecule has 200 valence electrons. The summed E-state index contributed by atoms with van der Waals surface area (Å²) in [5, 5.41) is 2.03. The van der Waals surface area contributed by atoms with Crippen LogP contribution in [-0.2, 0) is 16.0 Å². The fourth-order valence-electron chi connectivity index (χ4n) is 5.03. The van der Waals surface area contributed by atoms with Crippen LogP contribution < -0.4 is 9.47 Å². The Kier molecular flexibility index (Phi) is 8.24. The van der Waals surface area contributed by atoms with Gasteiger partial charge < -0.3 is 24.0 Å². The van der Waals surface area contributed by atoms with E-state index in [0.29, 0.717) is 36.8 Å². The predicted molar refractivity (Wildman–Crippen MR) is 142 cm³/mol. The Morgan fingerprint density at radius 3 is 2.76 bits per heavy atom. The Labute approximate surface area is 225 Å². The standard InChI is InChI=1S/C29H31FN2O5S/c1-35-23-5-2-4-20(16-23)29(34)31(17-24-6-3-14-36-24)18-28(33)32-13-11-27-25(12-15-38-27)26(32)19-37-22-9-7-21(30)8-10-22/h2,4-5,7-10,12,15-16,24,26H,3,6,11,13-14,17-19H2,1H3/t24-,26-/m1/s1. The Morgan fingerprint density at radius 2 is 2.00 bits per heavy atom. The van der Waals surface area contributed by atoms with Crippen molar-refractivity contribution in [3.63, 3.8) is 0 Å². The van der Waals surface area contributed by atoms with Gasteiger partial charge in [0.2, 0.25) is 5.91 Å². The zero-order valence-electron chi connectivity index (χ0n) is 21.3. The minimum absolute atomic E-state index is 0.0670. The van der Waals surface area contributed by atoms with Gasteiger partial charge in [0.1, 0.15) is 30.5 Å². The lowest BCUT2D eigenvalue weighted by molar-refractivity contribution is -0.135. The molecule has 1 aromatic heterocycles. The van der Waals surface area contributed by atoms with Crippen LogP contribution in [0.25, 0.3) is 0 Å². The van der Waals surface area contributed by atoms with Gasteiger partial charge in [0.05, 0.1) is 19.3 Å². The number of benzene rings is 2. The number of thiophene rings is 1. The third-order valence-corrected chi connectivity index (χ3v) is 8.01. The van der Waals surface area contributed by atoms with Gasteiger partial charge in [-0.1, -0.05) is 6.07 Å². The van der Waals surface area contributed by atoms with E-state index >= 15 is 0 Å². The van der Waals surface area contributed by atoms with Gasteiger partial charge >= 0.3 is 0 Å². The highest BCUT2D eigenvalue weighted by atomic mass is 32.1. The van der Waals surface area contributed by atoms with E-state index in [1.54, 1.807) is 64.6 Å². The summed E-state index contributed by atoms with van der Waals surface area (Å²) in [5.74, 6) is 0.399. The molecule has 0 spiro atoms. The van der Waals surface area contributed by atoms with Crippen molar-refractivity contribution in [2.75, 3.05) is 40.0 Å². The topological polar surface area (TPSA) is 68.3 Å². The summed E-state index contributed by atoms with van der Waals surface area (Å²) in [6, 6.07) is 14.5. The van der Waals surface area contributed by atoms with Crippen LogP contribution in [0.3, 0.4) is 0 Å². The Morgan fingerprint density at radius 1 is 1.16 bits per heavy atom. The first kappa shape index (κ1) is 26.2. The monoisotopic (exact) mass is 538 g/mol. The first-order chi connectivity index (χ1) is 18.5. The van der Waals surface area contributed by atoms with Crippen LogP contribution in [0, 0.1) is 5.82 Å². The molecule has 0 unspecified atom stereocenters. The lowest BCUT2D eigenvalue weighted by atomic mass is 10.00. The highest BCUT2D eigenvalue weighted by Gasteiger charge is 2.34. The molecule has 0 aliphatic carbocycles. The molecule has 2 aliphatic heterocycles. The molecule has 2 atom stereocenters. The summed E-state index contributed by atoms with van der Waals surface area (Å²) in [6.07, 6.45) is 2.45. The van der Waals surface area contributed by atoms with Gasteiger partial charge in [0, 0.05) is 30.1 Å². The number of nitrogens with zero attached hydrogens (tertiary/aromatic N) is 2. The molecule has 1 fully saturated rings.